The first-order chi connectivity index (χ1) is 12.8. The Morgan fingerprint density at radius 3 is 2.00 bits per heavy atom. The second-order valence-electron chi connectivity index (χ2n) is 7.78. The Morgan fingerprint density at radius 1 is 1.11 bits per heavy atom. The molecule has 0 saturated carbocycles. The van der Waals surface area contributed by atoms with Gasteiger partial charge in [0.05, 0.1) is 6.61 Å². The summed E-state index contributed by atoms with van der Waals surface area (Å²) >= 11 is 0. The molecule has 1 unspecified atom stereocenters. The minimum atomic E-state index is -4.48. The number of allylic oxidation sites excluding steroid dienone is 3. The van der Waals surface area contributed by atoms with E-state index in [1.54, 1.807) is 5.57 Å². The molecular weight excluding hydrogens is 383 g/mol. The van der Waals surface area contributed by atoms with Crippen LogP contribution >= 0.6 is 0 Å². The predicted molar refractivity (Wildman–Crippen MR) is 113 cm³/mol. The van der Waals surface area contributed by atoms with Gasteiger partial charge >= 0.3 is 29.6 Å². The monoisotopic (exact) mass is 424 g/mol. The SMILES string of the molecule is C=C(C)C1CC=C(C)CC1.CCCCCCCCCCCCOS(=O)(=O)[O-].[Na+]. The van der Waals surface area contributed by atoms with E-state index in [2.05, 4.69) is 37.6 Å². The normalized spacial score (nSPS) is 16.4. The van der Waals surface area contributed by atoms with E-state index in [0.717, 1.165) is 18.8 Å². The zero-order chi connectivity index (χ0) is 20.5. The molecule has 0 spiro atoms. The van der Waals surface area contributed by atoms with E-state index < -0.39 is 10.4 Å². The van der Waals surface area contributed by atoms with E-state index in [-0.39, 0.29) is 36.2 Å². The van der Waals surface area contributed by atoms with Gasteiger partial charge in [-0.1, -0.05) is 88.5 Å². The van der Waals surface area contributed by atoms with Crippen molar-refractivity contribution in [1.29, 1.82) is 0 Å². The van der Waals surface area contributed by atoms with Gasteiger partial charge in [0.2, 0.25) is 10.4 Å². The Hall–Kier alpha value is 0.350. The fourth-order valence-corrected chi connectivity index (χ4v) is 3.49. The first kappa shape index (κ1) is 30.5. The van der Waals surface area contributed by atoms with Crippen LogP contribution in [0.15, 0.2) is 23.8 Å². The van der Waals surface area contributed by atoms with Gasteiger partial charge in [0.25, 0.3) is 0 Å². The molecule has 0 aromatic rings. The fourth-order valence-electron chi connectivity index (χ4n) is 3.16. The Bertz CT molecular complexity index is 515. The smallest absolute Gasteiger partial charge is 0.726 e. The molecule has 0 aromatic carbocycles. The van der Waals surface area contributed by atoms with Gasteiger partial charge in [-0.05, 0) is 45.4 Å². The first-order valence-electron chi connectivity index (χ1n) is 10.7. The zero-order valence-electron chi connectivity index (χ0n) is 18.8. The molecule has 0 amide bonds. The van der Waals surface area contributed by atoms with Crippen molar-refractivity contribution in [2.24, 2.45) is 5.92 Å². The van der Waals surface area contributed by atoms with Crippen molar-refractivity contribution in [1.82, 2.24) is 0 Å². The molecule has 28 heavy (non-hydrogen) atoms. The van der Waals surface area contributed by atoms with E-state index in [9.17, 15) is 13.0 Å². The Labute approximate surface area is 196 Å². The van der Waals surface area contributed by atoms with Crippen molar-refractivity contribution < 1.29 is 46.7 Å². The van der Waals surface area contributed by atoms with Gasteiger partial charge < -0.3 is 4.55 Å². The number of hydrogen-bond donors (Lipinski definition) is 0. The van der Waals surface area contributed by atoms with Crippen LogP contribution in [0.5, 0.6) is 0 Å². The van der Waals surface area contributed by atoms with Gasteiger partial charge in [0, 0.05) is 0 Å². The Kier molecular flexibility index (Phi) is 21.1. The van der Waals surface area contributed by atoms with Crippen molar-refractivity contribution in [3.05, 3.63) is 23.8 Å². The number of unbranched alkanes of at least 4 members (excludes halogenated alkanes) is 9. The van der Waals surface area contributed by atoms with Gasteiger partial charge in [-0.2, -0.15) is 0 Å². The molecule has 0 N–H and O–H groups in total. The third-order valence-electron chi connectivity index (χ3n) is 5.06. The summed E-state index contributed by atoms with van der Waals surface area (Å²) in [6.45, 7) is 10.6. The molecule has 0 saturated heterocycles. The molecule has 4 nitrogen and oxygen atoms in total. The molecule has 0 aromatic heterocycles. The van der Waals surface area contributed by atoms with Gasteiger partial charge in [-0.15, -0.1) is 0 Å². The summed E-state index contributed by atoms with van der Waals surface area (Å²) in [7, 11) is -4.48. The maximum absolute atomic E-state index is 10.1. The molecular formula is C22H41NaO4S. The Morgan fingerprint density at radius 2 is 1.61 bits per heavy atom. The van der Waals surface area contributed by atoms with Crippen molar-refractivity contribution in [3.63, 3.8) is 0 Å². The number of hydrogen-bond acceptors (Lipinski definition) is 4. The summed E-state index contributed by atoms with van der Waals surface area (Å²) in [5.41, 5.74) is 2.90. The molecule has 1 aliphatic rings. The molecule has 1 aliphatic carbocycles. The van der Waals surface area contributed by atoms with Gasteiger partial charge in [0.1, 0.15) is 0 Å². The quantitative estimate of drug-likeness (QED) is 0.149. The first-order valence-corrected chi connectivity index (χ1v) is 12.0. The molecule has 1 atom stereocenters. The zero-order valence-corrected chi connectivity index (χ0v) is 21.6. The Balaban J connectivity index is 0. The summed E-state index contributed by atoms with van der Waals surface area (Å²) in [5, 5.41) is 0. The number of rotatable bonds is 13. The van der Waals surface area contributed by atoms with Gasteiger partial charge in [-0.3, -0.25) is 4.18 Å². The van der Waals surface area contributed by atoms with Crippen molar-refractivity contribution in [2.75, 3.05) is 6.61 Å². The van der Waals surface area contributed by atoms with E-state index in [1.807, 2.05) is 0 Å². The van der Waals surface area contributed by atoms with E-state index in [4.69, 9.17) is 0 Å². The van der Waals surface area contributed by atoms with Crippen molar-refractivity contribution >= 4 is 10.4 Å². The second-order valence-corrected chi connectivity index (χ2v) is 8.83. The fraction of sp³-hybridized carbons (Fsp3) is 0.818. The maximum Gasteiger partial charge on any atom is 1.00 e. The summed E-state index contributed by atoms with van der Waals surface area (Å²) < 4.78 is 34.5. The average molecular weight is 425 g/mol. The van der Waals surface area contributed by atoms with Crippen LogP contribution < -0.4 is 29.6 Å². The maximum atomic E-state index is 10.1. The third kappa shape index (κ3) is 21.1. The van der Waals surface area contributed by atoms with Crippen LogP contribution in [0.1, 0.15) is 104 Å². The third-order valence-corrected chi connectivity index (χ3v) is 5.52. The topological polar surface area (TPSA) is 66.4 Å². The van der Waals surface area contributed by atoms with Crippen LogP contribution in [0.4, 0.5) is 0 Å². The largest absolute Gasteiger partial charge is 1.00 e. The van der Waals surface area contributed by atoms with E-state index in [0.29, 0.717) is 6.42 Å². The molecule has 6 heteroatoms. The summed E-state index contributed by atoms with van der Waals surface area (Å²) in [6.07, 6.45) is 17.9. The average Bonchev–Trinajstić information content (AvgIpc) is 2.60. The van der Waals surface area contributed by atoms with Crippen molar-refractivity contribution in [2.45, 2.75) is 104 Å². The standard InChI is InChI=1S/C12H26O4S.C10H16.Na/c1-2-3-4-5-6-7-8-9-10-11-12-16-17(13,14)15;1-8(2)10-6-4-9(3)5-7-10;/h2-12H2,1H3,(H,13,14,15);4,10H,1,5-7H2,2-3H3;/q;;+1/p-1. The second kappa shape index (κ2) is 19.3. The summed E-state index contributed by atoms with van der Waals surface area (Å²) in [5.74, 6) is 0.767. The van der Waals surface area contributed by atoms with Crippen LogP contribution in [-0.2, 0) is 14.6 Å². The van der Waals surface area contributed by atoms with Crippen molar-refractivity contribution in [3.8, 4) is 0 Å². The molecule has 0 heterocycles. The molecule has 0 radical (unpaired) electrons. The van der Waals surface area contributed by atoms with Crippen LogP contribution in [0.2, 0.25) is 0 Å². The minimum absolute atomic E-state index is 0. The molecule has 0 fully saturated rings. The summed E-state index contributed by atoms with van der Waals surface area (Å²) in [6, 6.07) is 0. The minimum Gasteiger partial charge on any atom is -0.726 e. The molecule has 0 aliphatic heterocycles. The summed E-state index contributed by atoms with van der Waals surface area (Å²) in [4.78, 5) is 0. The molecule has 0 bridgehead atoms. The molecule has 160 valence electrons. The van der Waals surface area contributed by atoms with Crippen LogP contribution in [0.3, 0.4) is 0 Å². The van der Waals surface area contributed by atoms with E-state index in [1.165, 1.54) is 69.8 Å². The van der Waals surface area contributed by atoms with E-state index >= 15 is 0 Å². The van der Waals surface area contributed by atoms with Crippen LogP contribution in [-0.4, -0.2) is 19.6 Å². The predicted octanol–water partition coefficient (Wildman–Crippen LogP) is 3.70. The van der Waals surface area contributed by atoms with Crippen LogP contribution in [0, 0.1) is 5.92 Å². The van der Waals surface area contributed by atoms with Gasteiger partial charge in [-0.25, -0.2) is 8.42 Å². The van der Waals surface area contributed by atoms with Gasteiger partial charge in [0.15, 0.2) is 0 Å². The van der Waals surface area contributed by atoms with Crippen LogP contribution in [0.25, 0.3) is 0 Å². The molecule has 1 rings (SSSR count).